The molecule has 4 rings (SSSR count). The monoisotopic (exact) mass is 373 g/mol. The van der Waals surface area contributed by atoms with E-state index < -0.39 is 0 Å². The minimum absolute atomic E-state index is 0.0676. The van der Waals surface area contributed by atoms with E-state index in [4.69, 9.17) is 4.98 Å². The van der Waals surface area contributed by atoms with Crippen LogP contribution in [-0.4, -0.2) is 15.9 Å². The molecule has 134 valence electrons. The van der Waals surface area contributed by atoms with E-state index in [0.717, 1.165) is 21.7 Å². The Balaban J connectivity index is 1.76. The molecule has 0 radical (unpaired) electrons. The summed E-state index contributed by atoms with van der Waals surface area (Å²) in [7, 11) is 0. The molecule has 1 amide bonds. The number of thiazole rings is 1. The van der Waals surface area contributed by atoms with Gasteiger partial charge in [-0.2, -0.15) is 0 Å². The average molecular weight is 373 g/mol. The van der Waals surface area contributed by atoms with Crippen molar-refractivity contribution in [1.29, 1.82) is 0 Å². The normalized spacial score (nSPS) is 13.3. The van der Waals surface area contributed by atoms with E-state index in [2.05, 4.69) is 42.3 Å². The van der Waals surface area contributed by atoms with Gasteiger partial charge >= 0.3 is 0 Å². The zero-order valence-electron chi connectivity index (χ0n) is 15.1. The van der Waals surface area contributed by atoms with Crippen LogP contribution in [0.3, 0.4) is 0 Å². The lowest BCUT2D eigenvalue weighted by atomic mass is 10.0. The van der Waals surface area contributed by atoms with Crippen LogP contribution in [0.1, 0.15) is 11.1 Å². The number of benzene rings is 1. The topological polar surface area (TPSA) is 54.9 Å². The zero-order chi connectivity index (χ0) is 18.8. The minimum atomic E-state index is -0.233. The number of pyridine rings is 1. The molecule has 2 aromatic heterocycles. The van der Waals surface area contributed by atoms with E-state index in [9.17, 15) is 4.79 Å². The molecule has 0 saturated carbocycles. The molecule has 5 heteroatoms. The van der Waals surface area contributed by atoms with Gasteiger partial charge in [-0.1, -0.05) is 52.8 Å². The van der Waals surface area contributed by atoms with E-state index in [-0.39, 0.29) is 11.8 Å². The summed E-state index contributed by atoms with van der Waals surface area (Å²) in [5, 5.41) is 3.57. The molecule has 0 fully saturated rings. The van der Waals surface area contributed by atoms with Gasteiger partial charge in [0.15, 0.2) is 5.13 Å². The number of anilines is 1. The summed E-state index contributed by atoms with van der Waals surface area (Å²) < 4.78 is 0. The third-order valence-corrected chi connectivity index (χ3v) is 5.37. The van der Waals surface area contributed by atoms with Crippen LogP contribution in [0.15, 0.2) is 67.0 Å². The van der Waals surface area contributed by atoms with Gasteiger partial charge < -0.3 is 5.32 Å². The van der Waals surface area contributed by atoms with Crippen molar-refractivity contribution in [3.05, 3.63) is 78.2 Å². The Labute approximate surface area is 162 Å². The van der Waals surface area contributed by atoms with Gasteiger partial charge in [0.2, 0.25) is 5.91 Å². The molecule has 0 unspecified atom stereocenters. The average Bonchev–Trinajstić information content (AvgIpc) is 3.32. The number of carbonyl (C=O) groups excluding carboxylic acids is 1. The van der Waals surface area contributed by atoms with Crippen molar-refractivity contribution in [1.82, 2.24) is 9.97 Å². The lowest BCUT2D eigenvalue weighted by Crippen LogP contribution is -2.18. The number of nitrogens with one attached hydrogen (secondary N) is 1. The van der Waals surface area contributed by atoms with Crippen molar-refractivity contribution in [3.8, 4) is 21.7 Å². The van der Waals surface area contributed by atoms with Crippen LogP contribution in [0.4, 0.5) is 5.13 Å². The summed E-state index contributed by atoms with van der Waals surface area (Å²) in [4.78, 5) is 22.4. The second kappa shape index (κ2) is 7.29. The quantitative estimate of drug-likeness (QED) is 0.686. The van der Waals surface area contributed by atoms with E-state index in [0.29, 0.717) is 5.13 Å². The Morgan fingerprint density at radius 2 is 1.67 bits per heavy atom. The van der Waals surface area contributed by atoms with Crippen LogP contribution in [0.2, 0.25) is 0 Å². The van der Waals surface area contributed by atoms with E-state index in [1.807, 2.05) is 36.4 Å². The molecule has 0 aliphatic heterocycles. The summed E-state index contributed by atoms with van der Waals surface area (Å²) in [6.07, 6.45) is 11.1. The Morgan fingerprint density at radius 1 is 1.00 bits per heavy atom. The molecule has 1 N–H and O–H groups in total. The first-order valence-corrected chi connectivity index (χ1v) is 9.57. The lowest BCUT2D eigenvalue weighted by molar-refractivity contribution is -0.117. The fraction of sp³-hybridized carbons (Fsp3) is 0.136. The molecule has 0 spiro atoms. The van der Waals surface area contributed by atoms with Gasteiger partial charge in [-0.05, 0) is 43.7 Å². The smallest absolute Gasteiger partial charge is 0.236 e. The van der Waals surface area contributed by atoms with Gasteiger partial charge in [0.05, 0.1) is 16.5 Å². The van der Waals surface area contributed by atoms with Crippen molar-refractivity contribution in [3.63, 3.8) is 0 Å². The second-order valence-electron chi connectivity index (χ2n) is 6.59. The number of allylic oxidation sites excluding steroid dienone is 2. The molecule has 1 aromatic carbocycles. The van der Waals surface area contributed by atoms with Crippen molar-refractivity contribution in [2.24, 2.45) is 5.92 Å². The number of rotatable bonds is 4. The SMILES string of the molecule is Cc1cc(C)cc(-c2nc(NC(=O)C3C=CC=C3)sc2-c2ccncc2)c1. The van der Waals surface area contributed by atoms with Crippen LogP contribution >= 0.6 is 11.3 Å². The van der Waals surface area contributed by atoms with E-state index >= 15 is 0 Å². The molecule has 0 saturated heterocycles. The predicted octanol–water partition coefficient (Wildman–Crippen LogP) is 5.17. The maximum atomic E-state index is 12.5. The fourth-order valence-electron chi connectivity index (χ4n) is 3.17. The lowest BCUT2D eigenvalue weighted by Gasteiger charge is -2.05. The number of hydrogen-bond donors (Lipinski definition) is 1. The maximum absolute atomic E-state index is 12.5. The Kier molecular flexibility index (Phi) is 4.69. The molecule has 4 nitrogen and oxygen atoms in total. The first-order chi connectivity index (χ1) is 13.1. The number of nitrogens with zero attached hydrogens (tertiary/aromatic N) is 2. The summed E-state index contributed by atoms with van der Waals surface area (Å²) in [6, 6.07) is 10.3. The molecule has 1 aliphatic rings. The highest BCUT2D eigenvalue weighted by molar-refractivity contribution is 7.19. The van der Waals surface area contributed by atoms with Crippen molar-refractivity contribution in [2.45, 2.75) is 13.8 Å². The highest BCUT2D eigenvalue weighted by Gasteiger charge is 2.20. The number of amides is 1. The summed E-state index contributed by atoms with van der Waals surface area (Å²) >= 11 is 1.49. The Morgan fingerprint density at radius 3 is 2.33 bits per heavy atom. The third kappa shape index (κ3) is 3.73. The highest BCUT2D eigenvalue weighted by atomic mass is 32.1. The van der Waals surface area contributed by atoms with Gasteiger partial charge in [0, 0.05) is 18.0 Å². The molecule has 2 heterocycles. The maximum Gasteiger partial charge on any atom is 0.236 e. The predicted molar refractivity (Wildman–Crippen MR) is 111 cm³/mol. The summed E-state index contributed by atoms with van der Waals surface area (Å²) in [5.41, 5.74) is 5.34. The Bertz CT molecular complexity index is 1020. The van der Waals surface area contributed by atoms with Gasteiger partial charge in [-0.15, -0.1) is 0 Å². The summed E-state index contributed by atoms with van der Waals surface area (Å²) in [5.74, 6) is -0.301. The largest absolute Gasteiger partial charge is 0.301 e. The molecule has 0 bridgehead atoms. The van der Waals surface area contributed by atoms with Crippen molar-refractivity contribution >= 4 is 22.4 Å². The third-order valence-electron chi connectivity index (χ3n) is 4.35. The van der Waals surface area contributed by atoms with Crippen molar-refractivity contribution < 1.29 is 4.79 Å². The molecule has 3 aromatic rings. The van der Waals surface area contributed by atoms with Gasteiger partial charge in [-0.3, -0.25) is 9.78 Å². The first-order valence-electron chi connectivity index (χ1n) is 8.76. The fourth-order valence-corrected chi connectivity index (χ4v) is 4.17. The molecule has 1 aliphatic carbocycles. The number of aromatic nitrogens is 2. The standard InChI is InChI=1S/C22H19N3OS/c1-14-11-15(2)13-18(12-14)19-20(16-7-9-23-10-8-16)27-22(24-19)25-21(26)17-5-3-4-6-17/h3-13,17H,1-2H3,(H,24,25,26). The second-order valence-corrected chi connectivity index (χ2v) is 7.59. The number of aryl methyl sites for hydroxylation is 2. The van der Waals surface area contributed by atoms with Gasteiger partial charge in [0.1, 0.15) is 0 Å². The van der Waals surface area contributed by atoms with Crippen LogP contribution in [-0.2, 0) is 4.79 Å². The van der Waals surface area contributed by atoms with Crippen molar-refractivity contribution in [2.75, 3.05) is 5.32 Å². The molecule has 27 heavy (non-hydrogen) atoms. The van der Waals surface area contributed by atoms with E-state index in [1.165, 1.54) is 22.5 Å². The van der Waals surface area contributed by atoms with Crippen LogP contribution in [0.25, 0.3) is 21.7 Å². The first kappa shape index (κ1) is 17.4. The van der Waals surface area contributed by atoms with Gasteiger partial charge in [-0.25, -0.2) is 4.98 Å². The Hall–Kier alpha value is -3.05. The number of carbonyl (C=O) groups is 1. The van der Waals surface area contributed by atoms with E-state index in [1.54, 1.807) is 12.4 Å². The van der Waals surface area contributed by atoms with Crippen LogP contribution < -0.4 is 5.32 Å². The molecular weight excluding hydrogens is 354 g/mol. The molecular formula is C22H19N3OS. The highest BCUT2D eigenvalue weighted by Crippen LogP contribution is 2.39. The van der Waals surface area contributed by atoms with Gasteiger partial charge in [0.25, 0.3) is 0 Å². The zero-order valence-corrected chi connectivity index (χ0v) is 16.0. The molecule has 0 atom stereocenters. The summed E-state index contributed by atoms with van der Waals surface area (Å²) in [6.45, 7) is 4.16. The van der Waals surface area contributed by atoms with Crippen LogP contribution in [0, 0.1) is 19.8 Å². The number of hydrogen-bond acceptors (Lipinski definition) is 4. The van der Waals surface area contributed by atoms with Crippen LogP contribution in [0.5, 0.6) is 0 Å². The minimum Gasteiger partial charge on any atom is -0.301 e.